The minimum Gasteiger partial charge on any atom is -0.330 e. The molecule has 0 aliphatic carbocycles. The molecule has 1 saturated heterocycles. The van der Waals surface area contributed by atoms with Gasteiger partial charge in [0.15, 0.2) is 0 Å². The molecule has 6 heteroatoms. The molecule has 21 heavy (non-hydrogen) atoms. The minimum absolute atomic E-state index is 0.416. The summed E-state index contributed by atoms with van der Waals surface area (Å²) < 4.78 is 28.8. The van der Waals surface area contributed by atoms with Gasteiger partial charge in [-0.05, 0) is 31.4 Å². The highest BCUT2D eigenvalue weighted by molar-refractivity contribution is 7.86. The fourth-order valence-corrected chi connectivity index (χ4v) is 4.31. The van der Waals surface area contributed by atoms with E-state index in [0.717, 1.165) is 24.8 Å². The molecule has 0 amide bonds. The predicted octanol–water partition coefficient (Wildman–Crippen LogP) is 1.57. The van der Waals surface area contributed by atoms with Gasteiger partial charge in [-0.25, -0.2) is 0 Å². The van der Waals surface area contributed by atoms with Gasteiger partial charge in [0.1, 0.15) is 0 Å². The lowest BCUT2D eigenvalue weighted by Crippen LogP contribution is -2.46. The number of hydrogen-bond acceptors (Lipinski definition) is 3. The summed E-state index contributed by atoms with van der Waals surface area (Å²) in [4.78, 5) is 0. The standard InChI is InChI=1S/C15H25N3O2S/c16-10-7-13-18(14-15-8-3-1-4-9-15)21(19,20)17-11-5-2-6-12-17/h1,3-4,8-9H,2,5-7,10-14,16H2. The lowest BCUT2D eigenvalue weighted by atomic mass is 10.2. The van der Waals surface area contributed by atoms with Crippen molar-refractivity contribution >= 4 is 10.2 Å². The first-order valence-corrected chi connectivity index (χ1v) is 9.03. The molecule has 118 valence electrons. The van der Waals surface area contributed by atoms with Gasteiger partial charge < -0.3 is 5.73 Å². The van der Waals surface area contributed by atoms with Crippen LogP contribution in [-0.4, -0.2) is 43.2 Å². The maximum absolute atomic E-state index is 12.8. The second-order valence-corrected chi connectivity index (χ2v) is 7.36. The van der Waals surface area contributed by atoms with E-state index in [2.05, 4.69) is 0 Å². The molecule has 2 N–H and O–H groups in total. The van der Waals surface area contributed by atoms with E-state index >= 15 is 0 Å². The molecule has 0 bridgehead atoms. The van der Waals surface area contributed by atoms with Crippen molar-refractivity contribution in [3.8, 4) is 0 Å². The molecule has 1 heterocycles. The van der Waals surface area contributed by atoms with E-state index in [0.29, 0.717) is 39.1 Å². The summed E-state index contributed by atoms with van der Waals surface area (Å²) in [5, 5.41) is 0. The number of hydrogen-bond donors (Lipinski definition) is 1. The highest BCUT2D eigenvalue weighted by Gasteiger charge is 2.30. The van der Waals surface area contributed by atoms with Crippen molar-refractivity contribution in [3.05, 3.63) is 35.9 Å². The van der Waals surface area contributed by atoms with Crippen molar-refractivity contribution in [1.82, 2.24) is 8.61 Å². The first kappa shape index (κ1) is 16.4. The summed E-state index contributed by atoms with van der Waals surface area (Å²) in [6.45, 7) is 2.66. The van der Waals surface area contributed by atoms with Gasteiger partial charge in [-0.2, -0.15) is 17.0 Å². The van der Waals surface area contributed by atoms with Crippen LogP contribution in [0, 0.1) is 0 Å². The monoisotopic (exact) mass is 311 g/mol. The molecular formula is C15H25N3O2S. The van der Waals surface area contributed by atoms with Crippen molar-refractivity contribution in [2.75, 3.05) is 26.2 Å². The van der Waals surface area contributed by atoms with Gasteiger partial charge in [-0.3, -0.25) is 0 Å². The van der Waals surface area contributed by atoms with Gasteiger partial charge in [-0.15, -0.1) is 0 Å². The second-order valence-electron chi connectivity index (χ2n) is 5.43. The second kappa shape index (κ2) is 7.89. The zero-order valence-corrected chi connectivity index (χ0v) is 13.3. The number of nitrogens with zero attached hydrogens (tertiary/aromatic N) is 2. The Balaban J connectivity index is 2.13. The Morgan fingerprint density at radius 1 is 1.10 bits per heavy atom. The van der Waals surface area contributed by atoms with Crippen molar-refractivity contribution in [2.45, 2.75) is 32.2 Å². The zero-order chi connectivity index (χ0) is 15.1. The van der Waals surface area contributed by atoms with Crippen LogP contribution in [0.3, 0.4) is 0 Å². The molecular weight excluding hydrogens is 286 g/mol. The molecule has 5 nitrogen and oxygen atoms in total. The molecule has 1 fully saturated rings. The molecule has 1 aromatic carbocycles. The normalized spacial score (nSPS) is 17.2. The molecule has 0 saturated carbocycles. The van der Waals surface area contributed by atoms with Crippen LogP contribution in [-0.2, 0) is 16.8 Å². The minimum atomic E-state index is -3.38. The number of rotatable bonds is 7. The summed E-state index contributed by atoms with van der Waals surface area (Å²) in [5.41, 5.74) is 6.57. The predicted molar refractivity (Wildman–Crippen MR) is 84.9 cm³/mol. The highest BCUT2D eigenvalue weighted by Crippen LogP contribution is 2.18. The molecule has 1 aliphatic rings. The van der Waals surface area contributed by atoms with Gasteiger partial charge in [0.25, 0.3) is 10.2 Å². The van der Waals surface area contributed by atoms with E-state index in [-0.39, 0.29) is 0 Å². The Kier molecular flexibility index (Phi) is 6.17. The Morgan fingerprint density at radius 2 is 1.76 bits per heavy atom. The van der Waals surface area contributed by atoms with Crippen LogP contribution < -0.4 is 5.73 Å². The molecule has 0 radical (unpaired) electrons. The largest absolute Gasteiger partial charge is 0.330 e. The molecule has 0 atom stereocenters. The fraction of sp³-hybridized carbons (Fsp3) is 0.600. The van der Waals surface area contributed by atoms with Gasteiger partial charge in [0, 0.05) is 26.2 Å². The van der Waals surface area contributed by atoms with Crippen LogP contribution in [0.25, 0.3) is 0 Å². The van der Waals surface area contributed by atoms with E-state index in [1.165, 1.54) is 0 Å². The molecule has 0 aromatic heterocycles. The number of benzene rings is 1. The van der Waals surface area contributed by atoms with Crippen LogP contribution in [0.5, 0.6) is 0 Å². The third-order valence-electron chi connectivity index (χ3n) is 3.78. The first-order chi connectivity index (χ1) is 10.1. The van der Waals surface area contributed by atoms with Crippen LogP contribution in [0.2, 0.25) is 0 Å². The first-order valence-electron chi connectivity index (χ1n) is 7.64. The van der Waals surface area contributed by atoms with Gasteiger partial charge in [-0.1, -0.05) is 36.8 Å². The van der Waals surface area contributed by atoms with E-state index in [9.17, 15) is 8.42 Å². The third-order valence-corrected chi connectivity index (χ3v) is 5.76. The number of piperidine rings is 1. The van der Waals surface area contributed by atoms with Crippen LogP contribution in [0.15, 0.2) is 30.3 Å². The quantitative estimate of drug-likeness (QED) is 0.831. The van der Waals surface area contributed by atoms with Crippen molar-refractivity contribution in [3.63, 3.8) is 0 Å². The molecule has 2 rings (SSSR count). The third kappa shape index (κ3) is 4.51. The summed E-state index contributed by atoms with van der Waals surface area (Å²) >= 11 is 0. The molecule has 0 unspecified atom stereocenters. The van der Waals surface area contributed by atoms with Gasteiger partial charge >= 0.3 is 0 Å². The van der Waals surface area contributed by atoms with Gasteiger partial charge in [0.05, 0.1) is 0 Å². The Morgan fingerprint density at radius 3 is 2.38 bits per heavy atom. The summed E-state index contributed by atoms with van der Waals surface area (Å²) in [7, 11) is -3.38. The Bertz CT molecular complexity index is 513. The lowest BCUT2D eigenvalue weighted by Gasteiger charge is -2.32. The Hall–Kier alpha value is -0.950. The smallest absolute Gasteiger partial charge is 0.282 e. The maximum atomic E-state index is 12.8. The summed E-state index contributed by atoms with van der Waals surface area (Å²) in [6.07, 6.45) is 3.71. The zero-order valence-electron chi connectivity index (χ0n) is 12.4. The van der Waals surface area contributed by atoms with Crippen molar-refractivity contribution < 1.29 is 8.42 Å². The Labute approximate surface area is 127 Å². The average molecular weight is 311 g/mol. The van der Waals surface area contributed by atoms with Crippen molar-refractivity contribution in [1.29, 1.82) is 0 Å². The summed E-state index contributed by atoms with van der Waals surface area (Å²) in [6, 6.07) is 9.73. The topological polar surface area (TPSA) is 66.6 Å². The van der Waals surface area contributed by atoms with Crippen LogP contribution in [0.4, 0.5) is 0 Å². The SMILES string of the molecule is NCCCN(Cc1ccccc1)S(=O)(=O)N1CCCCC1. The van der Waals surface area contributed by atoms with E-state index < -0.39 is 10.2 Å². The van der Waals surface area contributed by atoms with E-state index in [1.54, 1.807) is 8.61 Å². The van der Waals surface area contributed by atoms with Gasteiger partial charge in [0.2, 0.25) is 0 Å². The fourth-order valence-electron chi connectivity index (χ4n) is 2.59. The molecule has 1 aliphatic heterocycles. The molecule has 0 spiro atoms. The van der Waals surface area contributed by atoms with Crippen LogP contribution in [0.1, 0.15) is 31.2 Å². The highest BCUT2D eigenvalue weighted by atomic mass is 32.2. The van der Waals surface area contributed by atoms with E-state index in [4.69, 9.17) is 5.73 Å². The average Bonchev–Trinajstić information content (AvgIpc) is 2.53. The van der Waals surface area contributed by atoms with E-state index in [1.807, 2.05) is 30.3 Å². The summed E-state index contributed by atoms with van der Waals surface area (Å²) in [5.74, 6) is 0. The maximum Gasteiger partial charge on any atom is 0.282 e. The molecule has 1 aromatic rings. The van der Waals surface area contributed by atoms with Crippen LogP contribution >= 0.6 is 0 Å². The van der Waals surface area contributed by atoms with Crippen molar-refractivity contribution in [2.24, 2.45) is 5.73 Å². The lowest BCUT2D eigenvalue weighted by molar-refractivity contribution is 0.298. The number of nitrogens with two attached hydrogens (primary N) is 1.